The number of carbonyl (C=O) groups is 2. The van der Waals surface area contributed by atoms with E-state index in [2.05, 4.69) is 42.1 Å². The topological polar surface area (TPSA) is 96.1 Å². The fourth-order valence-electron chi connectivity index (χ4n) is 4.65. The van der Waals surface area contributed by atoms with Gasteiger partial charge in [0.15, 0.2) is 0 Å². The molecule has 0 unspecified atom stereocenters. The van der Waals surface area contributed by atoms with E-state index in [9.17, 15) is 18.0 Å². The third-order valence-electron chi connectivity index (χ3n) is 6.80. The number of aromatic nitrogens is 1. The van der Waals surface area contributed by atoms with Crippen LogP contribution in [0.15, 0.2) is 35.0 Å². The van der Waals surface area contributed by atoms with Crippen molar-refractivity contribution >= 4 is 11.9 Å². The molecule has 0 bridgehead atoms. The van der Waals surface area contributed by atoms with Gasteiger partial charge in [0, 0.05) is 25.2 Å². The Bertz CT molecular complexity index is 1060. The lowest BCUT2D eigenvalue weighted by atomic mass is 9.77. The van der Waals surface area contributed by atoms with E-state index in [0.717, 1.165) is 64.3 Å². The van der Waals surface area contributed by atoms with Gasteiger partial charge in [-0.3, -0.25) is 9.69 Å². The van der Waals surface area contributed by atoms with Crippen molar-refractivity contribution in [3.63, 3.8) is 0 Å². The molecule has 2 saturated heterocycles. The molecule has 11 heteroatoms. The summed E-state index contributed by atoms with van der Waals surface area (Å²) in [5, 5.41) is 10.9. The zero-order chi connectivity index (χ0) is 27.2. The van der Waals surface area contributed by atoms with Crippen LogP contribution in [-0.2, 0) is 11.3 Å². The molecule has 204 valence electrons. The predicted molar refractivity (Wildman–Crippen MR) is 129 cm³/mol. The number of benzene rings is 1. The molecule has 1 aromatic heterocycles. The molecule has 1 N–H and O–H groups in total. The maximum atomic E-state index is 12.8. The minimum atomic E-state index is -5.08. The maximum Gasteiger partial charge on any atom is 0.490 e. The second-order valence-electron chi connectivity index (χ2n) is 10.2. The average molecular weight is 526 g/mol. The molecule has 37 heavy (non-hydrogen) atoms. The fourth-order valence-corrected chi connectivity index (χ4v) is 4.65. The highest BCUT2D eigenvalue weighted by molar-refractivity contribution is 5.95. The Morgan fingerprint density at radius 3 is 2.35 bits per heavy atom. The number of likely N-dealkylation sites (tertiary alicyclic amines) is 2. The van der Waals surface area contributed by atoms with Gasteiger partial charge in [-0.15, -0.1) is 0 Å². The van der Waals surface area contributed by atoms with E-state index in [1.807, 2.05) is 11.0 Å². The van der Waals surface area contributed by atoms with E-state index >= 15 is 0 Å². The number of carboxylic acids is 1. The number of carbonyl (C=O) groups excluding carboxylic acids is 1. The van der Waals surface area contributed by atoms with E-state index < -0.39 is 12.1 Å². The van der Waals surface area contributed by atoms with Gasteiger partial charge >= 0.3 is 12.1 Å². The van der Waals surface area contributed by atoms with Gasteiger partial charge in [-0.1, -0.05) is 37.2 Å². The van der Waals surface area contributed by atoms with Gasteiger partial charge in [0.25, 0.3) is 5.91 Å². The van der Waals surface area contributed by atoms with Crippen molar-refractivity contribution in [2.24, 2.45) is 11.3 Å². The van der Waals surface area contributed by atoms with Crippen molar-refractivity contribution in [1.29, 1.82) is 0 Å². The predicted octanol–water partition coefficient (Wildman–Crippen LogP) is 4.78. The van der Waals surface area contributed by atoms with E-state index in [4.69, 9.17) is 19.2 Å². The zero-order valence-corrected chi connectivity index (χ0v) is 21.4. The number of halogens is 3. The van der Waals surface area contributed by atoms with Gasteiger partial charge in [0.2, 0.25) is 0 Å². The van der Waals surface area contributed by atoms with E-state index in [-0.39, 0.29) is 11.3 Å². The lowest BCUT2D eigenvalue weighted by molar-refractivity contribution is -0.192. The summed E-state index contributed by atoms with van der Waals surface area (Å²) in [7, 11) is 0. The van der Waals surface area contributed by atoms with Crippen LogP contribution in [0.25, 0.3) is 0 Å². The zero-order valence-electron chi connectivity index (χ0n) is 21.4. The van der Waals surface area contributed by atoms with Crippen LogP contribution in [0.1, 0.15) is 54.8 Å². The molecule has 2 aliphatic rings. The Hall–Kier alpha value is -3.08. The molecule has 0 saturated carbocycles. The minimum absolute atomic E-state index is 0.0595. The summed E-state index contributed by atoms with van der Waals surface area (Å²) >= 11 is 0. The Morgan fingerprint density at radius 2 is 1.78 bits per heavy atom. The number of alkyl halides is 3. The molecule has 1 aromatic carbocycles. The molecule has 8 nitrogen and oxygen atoms in total. The summed E-state index contributed by atoms with van der Waals surface area (Å²) in [6, 6.07) is 8.40. The van der Waals surface area contributed by atoms with Crippen molar-refractivity contribution in [3.8, 4) is 5.75 Å². The van der Waals surface area contributed by atoms with Crippen LogP contribution in [-0.4, -0.2) is 70.9 Å². The Kier molecular flexibility index (Phi) is 9.22. The third kappa shape index (κ3) is 7.70. The molecule has 0 radical (unpaired) electrons. The first-order valence-corrected chi connectivity index (χ1v) is 12.3. The molecule has 1 amide bonds. The van der Waals surface area contributed by atoms with Crippen LogP contribution in [0.3, 0.4) is 0 Å². The van der Waals surface area contributed by atoms with E-state index in [1.54, 1.807) is 13.1 Å². The number of rotatable bonds is 6. The number of hydrogen-bond acceptors (Lipinski definition) is 6. The van der Waals surface area contributed by atoms with Gasteiger partial charge in [0.1, 0.15) is 17.1 Å². The van der Waals surface area contributed by atoms with E-state index in [1.165, 1.54) is 5.56 Å². The number of carboxylic acid groups (broad SMARTS) is 1. The van der Waals surface area contributed by atoms with Gasteiger partial charge in [-0.2, -0.15) is 13.2 Å². The monoisotopic (exact) mass is 525 g/mol. The summed E-state index contributed by atoms with van der Waals surface area (Å²) in [4.78, 5) is 26.2. The van der Waals surface area contributed by atoms with Crippen LogP contribution < -0.4 is 4.74 Å². The lowest BCUT2D eigenvalue weighted by Gasteiger charge is -2.39. The molecular formula is C26H34F3N3O5. The highest BCUT2D eigenvalue weighted by Crippen LogP contribution is 2.41. The van der Waals surface area contributed by atoms with Crippen LogP contribution in [0.4, 0.5) is 13.2 Å². The van der Waals surface area contributed by atoms with Crippen LogP contribution in [0.2, 0.25) is 0 Å². The van der Waals surface area contributed by atoms with Crippen LogP contribution in [0, 0.1) is 18.3 Å². The van der Waals surface area contributed by atoms with Crippen molar-refractivity contribution < 1.29 is 37.1 Å². The standard InChI is InChI=1S/C24H33N3O3.C2HF3O2/c1-18(2)16-29-22-7-5-4-6-20(22)15-26-11-8-24(9-12-26)10-13-27(17-24)23(28)21-14-25-30-19(21)3;3-2(4,5)1(6)7/h4-7,14,18H,8-13,15-17H2,1-3H3;(H,6,7). The largest absolute Gasteiger partial charge is 0.493 e. The third-order valence-corrected chi connectivity index (χ3v) is 6.80. The first-order valence-electron chi connectivity index (χ1n) is 12.3. The molecule has 0 aliphatic carbocycles. The minimum Gasteiger partial charge on any atom is -0.493 e. The van der Waals surface area contributed by atoms with Crippen LogP contribution in [0.5, 0.6) is 5.75 Å². The molecule has 0 atom stereocenters. The number of aliphatic carboxylic acids is 1. The second-order valence-corrected chi connectivity index (χ2v) is 10.2. The lowest BCUT2D eigenvalue weighted by Crippen LogP contribution is -2.42. The molecule has 2 fully saturated rings. The van der Waals surface area contributed by atoms with Gasteiger partial charge in [-0.05, 0) is 56.7 Å². The fraction of sp³-hybridized carbons (Fsp3) is 0.577. The summed E-state index contributed by atoms with van der Waals surface area (Å²) in [5.41, 5.74) is 2.12. The summed E-state index contributed by atoms with van der Waals surface area (Å²) < 4.78 is 42.8. The second kappa shape index (κ2) is 12.0. The van der Waals surface area contributed by atoms with Crippen molar-refractivity contribution in [1.82, 2.24) is 15.0 Å². The number of ether oxygens (including phenoxy) is 1. The Morgan fingerprint density at radius 1 is 1.16 bits per heavy atom. The van der Waals surface area contributed by atoms with E-state index in [0.29, 0.717) is 17.2 Å². The molecule has 1 spiro atoms. The van der Waals surface area contributed by atoms with Gasteiger partial charge < -0.3 is 19.3 Å². The van der Waals surface area contributed by atoms with Crippen molar-refractivity contribution in [2.75, 3.05) is 32.8 Å². The Labute approximate surface area is 214 Å². The summed E-state index contributed by atoms with van der Waals surface area (Å²) in [6.07, 6.45) is -0.183. The SMILES string of the molecule is Cc1oncc1C(=O)N1CCC2(CCN(Cc3ccccc3OCC(C)C)CC2)C1.O=C(O)C(F)(F)F. The number of amides is 1. The number of nitrogens with zero attached hydrogens (tertiary/aromatic N) is 3. The van der Waals surface area contributed by atoms with Crippen molar-refractivity contribution in [2.45, 2.75) is 52.8 Å². The molecule has 3 heterocycles. The van der Waals surface area contributed by atoms with Crippen LogP contribution >= 0.6 is 0 Å². The normalized spacial score (nSPS) is 17.5. The summed E-state index contributed by atoms with van der Waals surface area (Å²) in [6.45, 7) is 11.6. The smallest absolute Gasteiger partial charge is 0.490 e. The van der Waals surface area contributed by atoms with Gasteiger partial charge in [-0.25, -0.2) is 4.79 Å². The van der Waals surface area contributed by atoms with Crippen molar-refractivity contribution in [3.05, 3.63) is 47.3 Å². The molecule has 4 rings (SSSR count). The first kappa shape index (κ1) is 28.5. The molecule has 2 aliphatic heterocycles. The highest BCUT2D eigenvalue weighted by Gasteiger charge is 2.42. The number of aryl methyl sites for hydroxylation is 1. The maximum absolute atomic E-state index is 12.8. The molecule has 2 aromatic rings. The highest BCUT2D eigenvalue weighted by atomic mass is 19.4. The Balaban J connectivity index is 0.000000479. The summed E-state index contributed by atoms with van der Waals surface area (Å²) in [5.74, 6) is -0.568. The number of para-hydroxylation sites is 1. The number of hydrogen-bond donors (Lipinski definition) is 1. The number of piperidine rings is 1. The average Bonchev–Trinajstić information content (AvgIpc) is 3.46. The first-order chi connectivity index (χ1) is 17.4. The molecular weight excluding hydrogens is 491 g/mol. The quantitative estimate of drug-likeness (QED) is 0.580. The van der Waals surface area contributed by atoms with Gasteiger partial charge in [0.05, 0.1) is 12.8 Å².